The Bertz CT molecular complexity index is 616. The number of anilines is 2. The van der Waals surface area contributed by atoms with Gasteiger partial charge < -0.3 is 11.1 Å². The largest absolute Gasteiger partial charge is 0.398 e. The molecule has 0 atom stereocenters. The lowest BCUT2D eigenvalue weighted by atomic mass is 10.1. The van der Waals surface area contributed by atoms with E-state index in [1.54, 1.807) is 6.20 Å². The molecule has 0 spiro atoms. The Morgan fingerprint density at radius 3 is 2.90 bits per heavy atom. The number of nitrogens with one attached hydrogen (secondary N) is 1. The number of benzene rings is 1. The van der Waals surface area contributed by atoms with Gasteiger partial charge in [-0.1, -0.05) is 17.8 Å². The average molecular weight is 352 g/mol. The van der Waals surface area contributed by atoms with Gasteiger partial charge in [-0.3, -0.25) is 4.79 Å². The van der Waals surface area contributed by atoms with E-state index in [9.17, 15) is 4.79 Å². The lowest BCUT2D eigenvalue weighted by Gasteiger charge is -2.09. The van der Waals surface area contributed by atoms with Crippen molar-refractivity contribution in [1.29, 1.82) is 0 Å². The Labute approximate surface area is 130 Å². The number of nitrogens with zero attached hydrogens (tertiary/aromatic N) is 1. The molecule has 0 aliphatic carbocycles. The number of rotatable bonds is 4. The molecule has 1 aromatic heterocycles. The van der Waals surface area contributed by atoms with Crippen LogP contribution in [0.3, 0.4) is 0 Å². The summed E-state index contributed by atoms with van der Waals surface area (Å²) in [6, 6.07) is 9.24. The number of hydrogen-bond donors (Lipinski definition) is 2. The van der Waals surface area contributed by atoms with Gasteiger partial charge in [0.15, 0.2) is 0 Å². The van der Waals surface area contributed by atoms with Crippen molar-refractivity contribution >= 4 is 45.0 Å². The minimum atomic E-state index is -0.0755. The van der Waals surface area contributed by atoms with Gasteiger partial charge in [0.2, 0.25) is 5.91 Å². The standard InChI is InChI=1S/C14H14BrN3OS/c1-9-11(16)3-2-4-12(9)18-13(19)8-20-14-6-5-10(15)7-17-14/h2-7H,8,16H2,1H3,(H,18,19). The van der Waals surface area contributed by atoms with E-state index in [1.807, 2.05) is 37.3 Å². The maximum atomic E-state index is 11.9. The molecule has 0 saturated heterocycles. The number of carbonyl (C=O) groups excluding carboxylic acids is 1. The topological polar surface area (TPSA) is 68.0 Å². The van der Waals surface area contributed by atoms with Crippen molar-refractivity contribution in [3.63, 3.8) is 0 Å². The molecular weight excluding hydrogens is 338 g/mol. The smallest absolute Gasteiger partial charge is 0.234 e. The van der Waals surface area contributed by atoms with Gasteiger partial charge in [0.05, 0.1) is 10.8 Å². The summed E-state index contributed by atoms with van der Waals surface area (Å²) in [6.45, 7) is 1.88. The van der Waals surface area contributed by atoms with Crippen LogP contribution in [0.4, 0.5) is 11.4 Å². The van der Waals surface area contributed by atoms with E-state index in [-0.39, 0.29) is 5.91 Å². The number of thioether (sulfide) groups is 1. The molecule has 1 amide bonds. The van der Waals surface area contributed by atoms with Crippen LogP contribution in [0, 0.1) is 6.92 Å². The molecule has 0 radical (unpaired) electrons. The molecule has 0 bridgehead atoms. The van der Waals surface area contributed by atoms with Crippen molar-refractivity contribution < 1.29 is 4.79 Å². The molecule has 0 aliphatic rings. The first-order chi connectivity index (χ1) is 9.56. The molecule has 2 rings (SSSR count). The monoisotopic (exact) mass is 351 g/mol. The van der Waals surface area contributed by atoms with Gasteiger partial charge in [-0.25, -0.2) is 4.98 Å². The van der Waals surface area contributed by atoms with Gasteiger partial charge in [0.25, 0.3) is 0 Å². The fourth-order valence-corrected chi connectivity index (χ4v) is 2.44. The highest BCUT2D eigenvalue weighted by Gasteiger charge is 2.07. The molecule has 6 heteroatoms. The predicted octanol–water partition coefficient (Wildman–Crippen LogP) is 3.47. The van der Waals surface area contributed by atoms with Crippen molar-refractivity contribution in [3.05, 3.63) is 46.6 Å². The van der Waals surface area contributed by atoms with Gasteiger partial charge in [-0.15, -0.1) is 0 Å². The van der Waals surface area contributed by atoms with Crippen molar-refractivity contribution in [1.82, 2.24) is 4.98 Å². The summed E-state index contributed by atoms with van der Waals surface area (Å²) < 4.78 is 0.918. The number of halogens is 1. The number of pyridine rings is 1. The lowest BCUT2D eigenvalue weighted by molar-refractivity contribution is -0.113. The highest BCUT2D eigenvalue weighted by molar-refractivity contribution is 9.10. The van der Waals surface area contributed by atoms with Crippen molar-refractivity contribution in [2.24, 2.45) is 0 Å². The van der Waals surface area contributed by atoms with Crippen LogP contribution in [0.1, 0.15) is 5.56 Å². The number of hydrogen-bond acceptors (Lipinski definition) is 4. The summed E-state index contributed by atoms with van der Waals surface area (Å²) in [6.07, 6.45) is 1.71. The maximum absolute atomic E-state index is 11.9. The van der Waals surface area contributed by atoms with Crippen LogP contribution in [0.2, 0.25) is 0 Å². The zero-order valence-corrected chi connectivity index (χ0v) is 13.3. The summed E-state index contributed by atoms with van der Waals surface area (Å²) in [7, 11) is 0. The third kappa shape index (κ3) is 3.98. The second-order valence-electron chi connectivity index (χ2n) is 4.17. The Hall–Kier alpha value is -1.53. The number of nitrogens with two attached hydrogens (primary N) is 1. The first-order valence-electron chi connectivity index (χ1n) is 5.95. The number of nitrogen functional groups attached to an aromatic ring is 1. The van der Waals surface area contributed by atoms with Crippen LogP contribution in [-0.4, -0.2) is 16.6 Å². The molecule has 2 aromatic rings. The number of amides is 1. The van der Waals surface area contributed by atoms with Gasteiger partial charge in [0.1, 0.15) is 0 Å². The van der Waals surface area contributed by atoms with E-state index >= 15 is 0 Å². The van der Waals surface area contributed by atoms with Gasteiger partial charge in [-0.05, 0) is 52.7 Å². The summed E-state index contributed by atoms with van der Waals surface area (Å²) in [4.78, 5) is 16.1. The molecule has 0 unspecified atom stereocenters. The Morgan fingerprint density at radius 1 is 1.40 bits per heavy atom. The highest BCUT2D eigenvalue weighted by Crippen LogP contribution is 2.22. The minimum absolute atomic E-state index is 0.0755. The van der Waals surface area contributed by atoms with Crippen LogP contribution >= 0.6 is 27.7 Å². The molecule has 3 N–H and O–H groups in total. The summed E-state index contributed by atoms with van der Waals surface area (Å²) in [5.74, 6) is 0.233. The van der Waals surface area contributed by atoms with E-state index in [0.29, 0.717) is 11.4 Å². The van der Waals surface area contributed by atoms with Crippen LogP contribution in [0.15, 0.2) is 46.0 Å². The molecule has 104 valence electrons. The van der Waals surface area contributed by atoms with E-state index < -0.39 is 0 Å². The predicted molar refractivity (Wildman–Crippen MR) is 86.9 cm³/mol. The van der Waals surface area contributed by atoms with Gasteiger partial charge in [0, 0.05) is 22.0 Å². The first kappa shape index (κ1) is 14.9. The number of aromatic nitrogens is 1. The zero-order chi connectivity index (χ0) is 14.5. The molecule has 0 aliphatic heterocycles. The Balaban J connectivity index is 1.92. The second kappa shape index (κ2) is 6.76. The molecule has 1 aromatic carbocycles. The lowest BCUT2D eigenvalue weighted by Crippen LogP contribution is -2.15. The third-order valence-corrected chi connectivity index (χ3v) is 4.11. The maximum Gasteiger partial charge on any atom is 0.234 e. The quantitative estimate of drug-likeness (QED) is 0.653. The fourth-order valence-electron chi connectivity index (χ4n) is 1.56. The Morgan fingerprint density at radius 2 is 2.20 bits per heavy atom. The van der Waals surface area contributed by atoms with E-state index in [2.05, 4.69) is 26.2 Å². The van der Waals surface area contributed by atoms with Crippen molar-refractivity contribution in [3.8, 4) is 0 Å². The van der Waals surface area contributed by atoms with Crippen LogP contribution in [0.25, 0.3) is 0 Å². The minimum Gasteiger partial charge on any atom is -0.398 e. The van der Waals surface area contributed by atoms with E-state index in [4.69, 9.17) is 5.73 Å². The molecule has 0 saturated carbocycles. The summed E-state index contributed by atoms with van der Waals surface area (Å²) in [5, 5.41) is 3.67. The van der Waals surface area contributed by atoms with E-state index in [0.717, 1.165) is 20.7 Å². The summed E-state index contributed by atoms with van der Waals surface area (Å²) in [5.41, 5.74) is 8.11. The van der Waals surface area contributed by atoms with E-state index in [1.165, 1.54) is 11.8 Å². The third-order valence-electron chi connectivity index (χ3n) is 2.70. The first-order valence-corrected chi connectivity index (χ1v) is 7.73. The molecule has 4 nitrogen and oxygen atoms in total. The van der Waals surface area contributed by atoms with Crippen LogP contribution in [-0.2, 0) is 4.79 Å². The van der Waals surface area contributed by atoms with Crippen molar-refractivity contribution in [2.75, 3.05) is 16.8 Å². The van der Waals surface area contributed by atoms with Crippen LogP contribution < -0.4 is 11.1 Å². The molecular formula is C14H14BrN3OS. The highest BCUT2D eigenvalue weighted by atomic mass is 79.9. The molecule has 20 heavy (non-hydrogen) atoms. The summed E-state index contributed by atoms with van der Waals surface area (Å²) >= 11 is 4.71. The van der Waals surface area contributed by atoms with Gasteiger partial charge >= 0.3 is 0 Å². The van der Waals surface area contributed by atoms with Gasteiger partial charge in [-0.2, -0.15) is 0 Å². The van der Waals surface area contributed by atoms with Crippen molar-refractivity contribution in [2.45, 2.75) is 11.9 Å². The Kier molecular flexibility index (Phi) is 5.03. The molecule has 0 fully saturated rings. The normalized spacial score (nSPS) is 10.3. The SMILES string of the molecule is Cc1c(N)cccc1NC(=O)CSc1ccc(Br)cn1. The fraction of sp³-hybridized carbons (Fsp3) is 0.143. The molecule has 1 heterocycles. The number of carbonyl (C=O) groups is 1. The van der Waals surface area contributed by atoms with Crippen LogP contribution in [0.5, 0.6) is 0 Å². The average Bonchev–Trinajstić information content (AvgIpc) is 2.43. The second-order valence-corrected chi connectivity index (χ2v) is 6.08. The zero-order valence-electron chi connectivity index (χ0n) is 10.9.